The quantitative estimate of drug-likeness (QED) is 0.288. The van der Waals surface area contributed by atoms with Crippen molar-refractivity contribution in [1.82, 2.24) is 5.06 Å². The second kappa shape index (κ2) is 11.9. The number of para-hydroxylation sites is 1. The summed E-state index contributed by atoms with van der Waals surface area (Å²) in [6.07, 6.45) is 12.3. The average Bonchev–Trinajstić information content (AvgIpc) is 2.75. The van der Waals surface area contributed by atoms with Crippen molar-refractivity contribution in [3.8, 4) is 0 Å². The summed E-state index contributed by atoms with van der Waals surface area (Å²) < 4.78 is 6.06. The number of ether oxygens (including phenoxy) is 1. The van der Waals surface area contributed by atoms with Gasteiger partial charge in [-0.15, -0.1) is 0 Å². The number of anilines is 1. The first-order valence-corrected chi connectivity index (χ1v) is 13.6. The SMILES string of the molecule is CCCCCCCCCCCON1C(C)(C)CC2(CC(=O)N(c3ccccc3)C(=O)O2)CC1(C)C. The molecule has 3 rings (SSSR count). The van der Waals surface area contributed by atoms with E-state index < -0.39 is 11.7 Å². The van der Waals surface area contributed by atoms with Gasteiger partial charge in [0.05, 0.1) is 18.7 Å². The predicted octanol–water partition coefficient (Wildman–Crippen LogP) is 7.41. The molecule has 0 saturated carbocycles. The maximum absolute atomic E-state index is 13.1. The number of hydrogen-bond acceptors (Lipinski definition) is 5. The highest BCUT2D eigenvalue weighted by Crippen LogP contribution is 2.49. The molecule has 2 fully saturated rings. The van der Waals surface area contributed by atoms with Gasteiger partial charge < -0.3 is 4.74 Å². The minimum Gasteiger partial charge on any atom is -0.442 e. The van der Waals surface area contributed by atoms with E-state index in [4.69, 9.17) is 9.57 Å². The summed E-state index contributed by atoms with van der Waals surface area (Å²) in [5, 5.41) is 2.10. The second-order valence-electron chi connectivity index (χ2n) is 11.7. The van der Waals surface area contributed by atoms with Gasteiger partial charge in [0.25, 0.3) is 0 Å². The molecule has 0 bridgehead atoms. The molecule has 0 atom stereocenters. The Bertz CT molecular complexity index is 798. The third-order valence-electron chi connectivity index (χ3n) is 7.30. The Morgan fingerprint density at radius 1 is 0.829 bits per heavy atom. The van der Waals surface area contributed by atoms with Crippen molar-refractivity contribution in [3.63, 3.8) is 0 Å². The van der Waals surface area contributed by atoms with E-state index in [1.54, 1.807) is 12.1 Å². The monoisotopic (exact) mass is 486 g/mol. The first kappa shape index (κ1) is 27.7. The lowest BCUT2D eigenvalue weighted by Gasteiger charge is -2.58. The van der Waals surface area contributed by atoms with Crippen LogP contribution in [0.15, 0.2) is 30.3 Å². The zero-order valence-electron chi connectivity index (χ0n) is 22.6. The van der Waals surface area contributed by atoms with Gasteiger partial charge in [-0.25, -0.2) is 9.69 Å². The van der Waals surface area contributed by atoms with Crippen molar-refractivity contribution in [2.24, 2.45) is 0 Å². The highest BCUT2D eigenvalue weighted by Gasteiger charge is 2.58. The van der Waals surface area contributed by atoms with E-state index >= 15 is 0 Å². The normalized spacial score (nSPS) is 21.3. The first-order chi connectivity index (χ1) is 16.6. The van der Waals surface area contributed by atoms with Gasteiger partial charge in [-0.1, -0.05) is 76.5 Å². The van der Waals surface area contributed by atoms with Crippen LogP contribution in [0.25, 0.3) is 0 Å². The van der Waals surface area contributed by atoms with Crippen LogP contribution in [-0.4, -0.2) is 40.3 Å². The molecule has 0 unspecified atom stereocenters. The van der Waals surface area contributed by atoms with E-state index in [0.29, 0.717) is 25.1 Å². The van der Waals surface area contributed by atoms with Crippen molar-refractivity contribution in [3.05, 3.63) is 30.3 Å². The molecule has 1 spiro atoms. The number of nitrogens with zero attached hydrogens (tertiary/aromatic N) is 2. The maximum Gasteiger partial charge on any atom is 0.421 e. The molecule has 196 valence electrons. The van der Waals surface area contributed by atoms with Crippen LogP contribution in [0.2, 0.25) is 0 Å². The van der Waals surface area contributed by atoms with E-state index in [-0.39, 0.29) is 23.4 Å². The van der Waals surface area contributed by atoms with Gasteiger partial charge >= 0.3 is 6.09 Å². The topological polar surface area (TPSA) is 59.1 Å². The average molecular weight is 487 g/mol. The van der Waals surface area contributed by atoms with Crippen molar-refractivity contribution >= 4 is 17.7 Å². The summed E-state index contributed by atoms with van der Waals surface area (Å²) in [5.41, 5.74) is -1.02. The maximum atomic E-state index is 13.1. The molecule has 35 heavy (non-hydrogen) atoms. The van der Waals surface area contributed by atoms with Crippen LogP contribution >= 0.6 is 0 Å². The Hall–Kier alpha value is -1.92. The fourth-order valence-corrected chi connectivity index (χ4v) is 6.27. The van der Waals surface area contributed by atoms with Crippen molar-refractivity contribution in [2.75, 3.05) is 11.5 Å². The fraction of sp³-hybridized carbons (Fsp3) is 0.724. The Balaban J connectivity index is 1.53. The number of imide groups is 1. The van der Waals surface area contributed by atoms with Gasteiger partial charge in [-0.2, -0.15) is 5.06 Å². The molecular weight excluding hydrogens is 440 g/mol. The second-order valence-corrected chi connectivity index (χ2v) is 11.7. The number of rotatable bonds is 12. The van der Waals surface area contributed by atoms with E-state index in [0.717, 1.165) is 11.3 Å². The number of hydroxylamine groups is 2. The Labute approximate surface area is 212 Å². The number of carbonyl (C=O) groups excluding carboxylic acids is 2. The number of hydrogen-bond donors (Lipinski definition) is 0. The number of amides is 2. The molecule has 0 radical (unpaired) electrons. The molecule has 2 saturated heterocycles. The van der Waals surface area contributed by atoms with Gasteiger partial charge in [0.2, 0.25) is 5.91 Å². The zero-order valence-corrected chi connectivity index (χ0v) is 22.6. The van der Waals surface area contributed by atoms with Crippen LogP contribution in [0.4, 0.5) is 10.5 Å². The van der Waals surface area contributed by atoms with Gasteiger partial charge in [-0.3, -0.25) is 9.63 Å². The van der Waals surface area contributed by atoms with Crippen LogP contribution in [0.1, 0.15) is 112 Å². The third-order valence-corrected chi connectivity index (χ3v) is 7.30. The first-order valence-electron chi connectivity index (χ1n) is 13.6. The van der Waals surface area contributed by atoms with Gasteiger partial charge in [-0.05, 0) is 46.2 Å². The lowest BCUT2D eigenvalue weighted by Crippen LogP contribution is -2.68. The molecule has 2 aliphatic rings. The van der Waals surface area contributed by atoms with E-state index in [9.17, 15) is 9.59 Å². The summed E-state index contributed by atoms with van der Waals surface area (Å²) >= 11 is 0. The molecule has 1 aromatic carbocycles. The molecule has 1 aromatic rings. The molecule has 0 aromatic heterocycles. The van der Waals surface area contributed by atoms with Crippen LogP contribution in [0.5, 0.6) is 0 Å². The van der Waals surface area contributed by atoms with Gasteiger partial charge in [0, 0.05) is 23.9 Å². The van der Waals surface area contributed by atoms with E-state index in [1.165, 1.54) is 51.4 Å². The summed E-state index contributed by atoms with van der Waals surface area (Å²) in [6, 6.07) is 9.01. The summed E-state index contributed by atoms with van der Waals surface area (Å²) in [4.78, 5) is 33.6. The van der Waals surface area contributed by atoms with Gasteiger partial charge in [0.1, 0.15) is 5.60 Å². The Kier molecular flexibility index (Phi) is 9.39. The van der Waals surface area contributed by atoms with Crippen LogP contribution in [-0.2, 0) is 14.4 Å². The Morgan fingerprint density at radius 2 is 1.37 bits per heavy atom. The molecule has 2 aliphatic heterocycles. The largest absolute Gasteiger partial charge is 0.442 e. The Morgan fingerprint density at radius 3 is 1.91 bits per heavy atom. The minimum absolute atomic E-state index is 0.187. The van der Waals surface area contributed by atoms with E-state index in [2.05, 4.69) is 39.7 Å². The molecule has 0 N–H and O–H groups in total. The highest BCUT2D eigenvalue weighted by molar-refractivity contribution is 6.14. The van der Waals surface area contributed by atoms with Crippen molar-refractivity contribution in [2.45, 2.75) is 128 Å². The molecule has 2 heterocycles. The highest BCUT2D eigenvalue weighted by atomic mass is 16.7. The van der Waals surface area contributed by atoms with Crippen molar-refractivity contribution in [1.29, 1.82) is 0 Å². The van der Waals surface area contributed by atoms with Crippen molar-refractivity contribution < 1.29 is 19.2 Å². The summed E-state index contributed by atoms with van der Waals surface area (Å²) in [6.45, 7) is 11.4. The van der Waals surface area contributed by atoms with Crippen LogP contribution in [0, 0.1) is 0 Å². The smallest absolute Gasteiger partial charge is 0.421 e. The predicted molar refractivity (Wildman–Crippen MR) is 140 cm³/mol. The summed E-state index contributed by atoms with van der Waals surface area (Å²) in [7, 11) is 0. The fourth-order valence-electron chi connectivity index (χ4n) is 6.27. The molecule has 6 heteroatoms. The lowest BCUT2D eigenvalue weighted by atomic mass is 9.70. The number of carbonyl (C=O) groups is 2. The molecular formula is C29H46N2O4. The van der Waals surface area contributed by atoms with E-state index in [1.807, 2.05) is 18.2 Å². The van der Waals surface area contributed by atoms with Gasteiger partial charge in [0.15, 0.2) is 0 Å². The number of benzene rings is 1. The molecule has 2 amide bonds. The number of piperidine rings is 1. The third kappa shape index (κ3) is 7.07. The zero-order chi connectivity index (χ0) is 25.5. The number of unbranched alkanes of at least 4 members (excludes halogenated alkanes) is 8. The minimum atomic E-state index is -0.815. The van der Waals surface area contributed by atoms with Crippen LogP contribution in [0.3, 0.4) is 0 Å². The summed E-state index contributed by atoms with van der Waals surface area (Å²) in [5.74, 6) is -0.205. The lowest BCUT2D eigenvalue weighted by molar-refractivity contribution is -0.305. The molecule has 0 aliphatic carbocycles. The standard InChI is InChI=1S/C29H46N2O4/c1-6-7-8-9-10-11-12-13-17-20-34-31-27(2,3)22-29(23-28(31,4)5)21-25(32)30(26(33)35-29)24-18-15-14-16-19-24/h14-16,18-19H,6-13,17,20-23H2,1-5H3. The molecule has 6 nitrogen and oxygen atoms in total. The van der Waals surface area contributed by atoms with Crippen LogP contribution < -0.4 is 4.90 Å².